The molecule has 1 aliphatic heterocycles. The van der Waals surface area contributed by atoms with Gasteiger partial charge in [0, 0.05) is 29.0 Å². The highest BCUT2D eigenvalue weighted by atomic mass is 16.5. The molecule has 1 heterocycles. The first kappa shape index (κ1) is 20.2. The highest BCUT2D eigenvalue weighted by Crippen LogP contribution is 2.48. The third-order valence-corrected chi connectivity index (χ3v) is 5.35. The Balaban J connectivity index is 2.18. The summed E-state index contributed by atoms with van der Waals surface area (Å²) in [5.74, 6) is -0.136. The summed E-state index contributed by atoms with van der Waals surface area (Å²) in [6.07, 6.45) is 1.95. The molecule has 3 rings (SSSR count). The molecule has 0 bridgehead atoms. The van der Waals surface area contributed by atoms with E-state index in [9.17, 15) is 9.59 Å². The van der Waals surface area contributed by atoms with E-state index in [0.29, 0.717) is 29.9 Å². The summed E-state index contributed by atoms with van der Waals surface area (Å²) in [5.41, 5.74) is 3.50. The molecule has 0 amide bonds. The van der Waals surface area contributed by atoms with Crippen molar-refractivity contribution < 1.29 is 19.1 Å². The number of rotatable bonds is 5. The summed E-state index contributed by atoms with van der Waals surface area (Å²) in [6.45, 7) is 8.37. The van der Waals surface area contributed by atoms with Crippen LogP contribution >= 0.6 is 0 Å². The van der Waals surface area contributed by atoms with Crippen molar-refractivity contribution in [1.82, 2.24) is 5.32 Å². The van der Waals surface area contributed by atoms with Crippen molar-refractivity contribution in [2.45, 2.75) is 52.9 Å². The average Bonchev–Trinajstić information content (AvgIpc) is 2.63. The van der Waals surface area contributed by atoms with Gasteiger partial charge in [-0.05, 0) is 31.2 Å². The molecule has 0 fully saturated rings. The lowest BCUT2D eigenvalue weighted by molar-refractivity contribution is -0.139. The number of methoxy groups -OCH3 is 1. The van der Waals surface area contributed by atoms with Gasteiger partial charge in [-0.3, -0.25) is 4.79 Å². The molecule has 28 heavy (non-hydrogen) atoms. The first-order chi connectivity index (χ1) is 13.3. The summed E-state index contributed by atoms with van der Waals surface area (Å²) in [7, 11) is 1.60. The molecule has 1 N–H and O–H groups in total. The molecule has 0 saturated carbocycles. The Bertz CT molecular complexity index is 863. The lowest BCUT2D eigenvalue weighted by Gasteiger charge is -2.39. The average molecular weight is 383 g/mol. The fourth-order valence-corrected chi connectivity index (χ4v) is 4.20. The highest BCUT2D eigenvalue weighted by Gasteiger charge is 2.43. The number of carbonyl (C=O) groups is 2. The van der Waals surface area contributed by atoms with Crippen molar-refractivity contribution >= 4 is 11.8 Å². The van der Waals surface area contributed by atoms with E-state index < -0.39 is 5.92 Å². The van der Waals surface area contributed by atoms with Crippen LogP contribution in [0.15, 0.2) is 46.8 Å². The summed E-state index contributed by atoms with van der Waals surface area (Å²) in [5, 5.41) is 3.35. The Morgan fingerprint density at radius 1 is 1.25 bits per heavy atom. The van der Waals surface area contributed by atoms with Gasteiger partial charge in [-0.15, -0.1) is 0 Å². The molecule has 5 heteroatoms. The van der Waals surface area contributed by atoms with Gasteiger partial charge in [0.15, 0.2) is 5.78 Å². The zero-order valence-corrected chi connectivity index (χ0v) is 17.3. The van der Waals surface area contributed by atoms with Crippen LogP contribution in [0.3, 0.4) is 0 Å². The van der Waals surface area contributed by atoms with Crippen molar-refractivity contribution in [3.8, 4) is 5.75 Å². The van der Waals surface area contributed by atoms with E-state index in [1.807, 2.05) is 38.1 Å². The second-order valence-corrected chi connectivity index (χ2v) is 8.31. The number of allylic oxidation sites excluding steroid dienone is 3. The van der Waals surface area contributed by atoms with Gasteiger partial charge in [-0.25, -0.2) is 4.79 Å². The van der Waals surface area contributed by atoms with E-state index >= 15 is 0 Å². The van der Waals surface area contributed by atoms with E-state index in [-0.39, 0.29) is 17.2 Å². The molecule has 1 atom stereocenters. The molecule has 0 radical (unpaired) electrons. The number of esters is 1. The molecule has 1 aromatic carbocycles. The normalized spacial score (nSPS) is 21.2. The largest absolute Gasteiger partial charge is 0.496 e. The third kappa shape index (κ3) is 3.71. The maximum absolute atomic E-state index is 13.2. The monoisotopic (exact) mass is 383 g/mol. The standard InChI is InChI=1S/C23H29NO4/c1-6-11-28-22(26)19-14(2)24-16-12-23(3,4)13-17(25)21(16)20(19)15-9-7-8-10-18(15)27-5/h7-10,20,24H,6,11-13H2,1-5H3/t20-/m1/s1. The number of dihydropyridines is 1. The lowest BCUT2D eigenvalue weighted by Crippen LogP contribution is -2.38. The maximum atomic E-state index is 13.2. The van der Waals surface area contributed by atoms with Crippen LogP contribution in [0.25, 0.3) is 0 Å². The molecule has 2 aliphatic rings. The fourth-order valence-electron chi connectivity index (χ4n) is 4.20. The lowest BCUT2D eigenvalue weighted by atomic mass is 9.68. The zero-order chi connectivity index (χ0) is 20.5. The number of carbonyl (C=O) groups excluding carboxylic acids is 2. The van der Waals surface area contributed by atoms with Gasteiger partial charge >= 0.3 is 5.97 Å². The van der Waals surface area contributed by atoms with Crippen LogP contribution in [0.5, 0.6) is 5.75 Å². The molecule has 0 spiro atoms. The smallest absolute Gasteiger partial charge is 0.336 e. The van der Waals surface area contributed by atoms with Crippen molar-refractivity contribution in [2.24, 2.45) is 5.41 Å². The van der Waals surface area contributed by atoms with Gasteiger partial charge in [0.25, 0.3) is 0 Å². The SMILES string of the molecule is CCCOC(=O)C1=C(C)NC2=C(C(=O)CC(C)(C)C2)[C@@H]1c1ccccc1OC. The first-order valence-electron chi connectivity index (χ1n) is 9.83. The number of nitrogens with one attached hydrogen (secondary N) is 1. The molecule has 0 saturated heterocycles. The topological polar surface area (TPSA) is 64.6 Å². The summed E-state index contributed by atoms with van der Waals surface area (Å²) >= 11 is 0. The van der Waals surface area contributed by atoms with Crippen LogP contribution in [0.2, 0.25) is 0 Å². The van der Waals surface area contributed by atoms with E-state index in [4.69, 9.17) is 9.47 Å². The Morgan fingerprint density at radius 2 is 1.96 bits per heavy atom. The molecular weight excluding hydrogens is 354 g/mol. The number of para-hydroxylation sites is 1. The summed E-state index contributed by atoms with van der Waals surface area (Å²) in [4.78, 5) is 26.2. The number of benzene rings is 1. The van der Waals surface area contributed by atoms with Gasteiger partial charge in [0.1, 0.15) is 5.75 Å². The Morgan fingerprint density at radius 3 is 2.64 bits per heavy atom. The second kappa shape index (κ2) is 7.82. The minimum atomic E-state index is -0.486. The first-order valence-corrected chi connectivity index (χ1v) is 9.83. The van der Waals surface area contributed by atoms with E-state index in [2.05, 4.69) is 19.2 Å². The van der Waals surface area contributed by atoms with Crippen molar-refractivity contribution in [2.75, 3.05) is 13.7 Å². The molecule has 5 nitrogen and oxygen atoms in total. The number of ketones is 1. The molecular formula is C23H29NO4. The van der Waals surface area contributed by atoms with Crippen molar-refractivity contribution in [1.29, 1.82) is 0 Å². The Hall–Kier alpha value is -2.56. The minimum Gasteiger partial charge on any atom is -0.496 e. The number of Topliss-reactive ketones (excluding diaryl/α,β-unsaturated/α-hetero) is 1. The van der Waals surface area contributed by atoms with Crippen LogP contribution < -0.4 is 10.1 Å². The quantitative estimate of drug-likeness (QED) is 0.770. The summed E-state index contributed by atoms with van der Waals surface area (Å²) < 4.78 is 11.0. The number of hydrogen-bond acceptors (Lipinski definition) is 5. The minimum absolute atomic E-state index is 0.0722. The van der Waals surface area contributed by atoms with Crippen LogP contribution in [0.1, 0.15) is 58.4 Å². The zero-order valence-electron chi connectivity index (χ0n) is 17.3. The van der Waals surface area contributed by atoms with Crippen LogP contribution in [0, 0.1) is 5.41 Å². The van der Waals surface area contributed by atoms with Crippen molar-refractivity contribution in [3.05, 3.63) is 52.4 Å². The maximum Gasteiger partial charge on any atom is 0.336 e. The van der Waals surface area contributed by atoms with Gasteiger partial charge in [-0.1, -0.05) is 39.0 Å². The Labute approximate surface area is 166 Å². The summed E-state index contributed by atoms with van der Waals surface area (Å²) in [6, 6.07) is 7.57. The second-order valence-electron chi connectivity index (χ2n) is 8.31. The van der Waals surface area contributed by atoms with Crippen LogP contribution in [0.4, 0.5) is 0 Å². The fraction of sp³-hybridized carbons (Fsp3) is 0.478. The van der Waals surface area contributed by atoms with Crippen LogP contribution in [-0.2, 0) is 14.3 Å². The molecule has 0 aromatic heterocycles. The van der Waals surface area contributed by atoms with Gasteiger partial charge in [0.05, 0.1) is 25.2 Å². The van der Waals surface area contributed by atoms with Crippen molar-refractivity contribution in [3.63, 3.8) is 0 Å². The molecule has 1 aromatic rings. The van der Waals surface area contributed by atoms with Gasteiger partial charge in [-0.2, -0.15) is 0 Å². The van der Waals surface area contributed by atoms with Gasteiger partial charge in [0.2, 0.25) is 0 Å². The predicted octanol–water partition coefficient (Wildman–Crippen LogP) is 4.25. The van der Waals surface area contributed by atoms with E-state index in [1.54, 1.807) is 7.11 Å². The number of ether oxygens (including phenoxy) is 2. The molecule has 0 unspecified atom stereocenters. The predicted molar refractivity (Wildman–Crippen MR) is 108 cm³/mol. The molecule has 1 aliphatic carbocycles. The molecule has 150 valence electrons. The van der Waals surface area contributed by atoms with Gasteiger partial charge < -0.3 is 14.8 Å². The van der Waals surface area contributed by atoms with E-state index in [1.165, 1.54) is 0 Å². The number of hydrogen-bond donors (Lipinski definition) is 1. The highest BCUT2D eigenvalue weighted by molar-refractivity contribution is 6.04. The van der Waals surface area contributed by atoms with Crippen LogP contribution in [-0.4, -0.2) is 25.5 Å². The third-order valence-electron chi connectivity index (χ3n) is 5.35. The van der Waals surface area contributed by atoms with E-state index in [0.717, 1.165) is 29.8 Å². The Kier molecular flexibility index (Phi) is 5.64.